The number of ether oxygens (including phenoxy) is 1. The number of benzene rings is 2. The molecule has 7 nitrogen and oxygen atoms in total. The average molecular weight is 425 g/mol. The van der Waals surface area contributed by atoms with E-state index in [1.165, 1.54) is 0 Å². The van der Waals surface area contributed by atoms with Crippen LogP contribution in [0.4, 0.5) is 5.69 Å². The van der Waals surface area contributed by atoms with E-state index >= 15 is 0 Å². The monoisotopic (exact) mass is 425 g/mol. The number of aromatic nitrogens is 3. The maximum Gasteiger partial charge on any atom is 0.256 e. The Balaban J connectivity index is 1.83. The van der Waals surface area contributed by atoms with E-state index in [4.69, 9.17) is 9.72 Å². The van der Waals surface area contributed by atoms with Crippen molar-refractivity contribution < 1.29 is 9.53 Å². The Morgan fingerprint density at radius 3 is 2.66 bits per heavy atom. The number of rotatable bonds is 6. The summed E-state index contributed by atoms with van der Waals surface area (Å²) in [7, 11) is 0. The summed E-state index contributed by atoms with van der Waals surface area (Å²) < 4.78 is 7.44. The summed E-state index contributed by atoms with van der Waals surface area (Å²) in [6.07, 6.45) is 1.67. The molecule has 0 aliphatic carbocycles. The van der Waals surface area contributed by atoms with Gasteiger partial charge >= 0.3 is 0 Å². The van der Waals surface area contributed by atoms with E-state index in [9.17, 15) is 10.1 Å². The lowest BCUT2D eigenvalue weighted by Crippen LogP contribution is -2.14. The number of nitrogens with zero attached hydrogens (tertiary/aromatic N) is 4. The molecule has 0 atom stereocenters. The highest BCUT2D eigenvalue weighted by atomic mass is 16.5. The summed E-state index contributed by atoms with van der Waals surface area (Å²) in [5.74, 6) is 0.181. The number of carbonyl (C=O) groups is 1. The molecule has 0 spiro atoms. The summed E-state index contributed by atoms with van der Waals surface area (Å²) in [6, 6.07) is 18.6. The van der Waals surface area contributed by atoms with Crippen LogP contribution >= 0.6 is 0 Å². The largest absolute Gasteiger partial charge is 0.492 e. The van der Waals surface area contributed by atoms with Gasteiger partial charge in [0, 0.05) is 11.6 Å². The molecule has 1 N–H and O–H groups in total. The normalized spacial score (nSPS) is 10.8. The van der Waals surface area contributed by atoms with Gasteiger partial charge in [-0.2, -0.15) is 10.4 Å². The summed E-state index contributed by atoms with van der Waals surface area (Å²) in [5, 5.41) is 17.3. The molecule has 2 heterocycles. The second-order valence-electron chi connectivity index (χ2n) is 7.55. The van der Waals surface area contributed by atoms with Gasteiger partial charge in [0.15, 0.2) is 5.65 Å². The van der Waals surface area contributed by atoms with Crippen molar-refractivity contribution in [1.29, 1.82) is 5.26 Å². The second kappa shape index (κ2) is 8.90. The molecule has 0 fully saturated rings. The first-order chi connectivity index (χ1) is 15.5. The van der Waals surface area contributed by atoms with Gasteiger partial charge in [-0.1, -0.05) is 30.3 Å². The molecular weight excluding hydrogens is 402 g/mol. The highest BCUT2D eigenvalue weighted by Gasteiger charge is 2.20. The molecule has 0 saturated heterocycles. The molecule has 160 valence electrons. The lowest BCUT2D eigenvalue weighted by Gasteiger charge is -2.13. The number of nitriles is 1. The van der Waals surface area contributed by atoms with Gasteiger partial charge in [-0.25, -0.2) is 9.67 Å². The van der Waals surface area contributed by atoms with Crippen molar-refractivity contribution >= 4 is 22.6 Å². The molecule has 7 heteroatoms. The van der Waals surface area contributed by atoms with Crippen LogP contribution in [-0.2, 0) is 0 Å². The third kappa shape index (κ3) is 4.03. The SMILES string of the molecule is CCOc1ccc(C#N)cc1NC(=O)c1cc(-c2ccccc2)nc2c1cnn2C(C)C. The van der Waals surface area contributed by atoms with Crippen molar-refractivity contribution in [2.45, 2.75) is 26.8 Å². The van der Waals surface area contributed by atoms with Crippen LogP contribution in [0.3, 0.4) is 0 Å². The first-order valence-corrected chi connectivity index (χ1v) is 10.4. The molecule has 32 heavy (non-hydrogen) atoms. The van der Waals surface area contributed by atoms with Gasteiger partial charge in [0.1, 0.15) is 5.75 Å². The molecule has 4 rings (SSSR count). The summed E-state index contributed by atoms with van der Waals surface area (Å²) >= 11 is 0. The molecule has 1 amide bonds. The number of fused-ring (bicyclic) bond motifs is 1. The van der Waals surface area contributed by atoms with Crippen LogP contribution in [0.1, 0.15) is 42.7 Å². The van der Waals surface area contributed by atoms with Crippen LogP contribution < -0.4 is 10.1 Å². The summed E-state index contributed by atoms with van der Waals surface area (Å²) in [5.41, 5.74) is 3.55. The predicted molar refractivity (Wildman–Crippen MR) is 124 cm³/mol. The Morgan fingerprint density at radius 2 is 1.97 bits per heavy atom. The molecule has 0 unspecified atom stereocenters. The van der Waals surface area contributed by atoms with Gasteiger partial charge in [-0.3, -0.25) is 4.79 Å². The lowest BCUT2D eigenvalue weighted by molar-refractivity contribution is 0.102. The van der Waals surface area contributed by atoms with Gasteiger partial charge in [0.05, 0.1) is 46.8 Å². The number of pyridine rings is 1. The zero-order valence-electron chi connectivity index (χ0n) is 18.2. The Morgan fingerprint density at radius 1 is 1.19 bits per heavy atom. The van der Waals surface area contributed by atoms with E-state index in [1.54, 1.807) is 35.1 Å². The maximum absolute atomic E-state index is 13.4. The van der Waals surface area contributed by atoms with E-state index in [-0.39, 0.29) is 11.9 Å². The van der Waals surface area contributed by atoms with Gasteiger partial charge in [-0.05, 0) is 45.0 Å². The van der Waals surface area contributed by atoms with Crippen LogP contribution in [0, 0.1) is 11.3 Å². The zero-order valence-corrected chi connectivity index (χ0v) is 18.2. The van der Waals surface area contributed by atoms with Crippen LogP contribution in [0.25, 0.3) is 22.3 Å². The predicted octanol–water partition coefficient (Wildman–Crippen LogP) is 5.20. The Bertz CT molecular complexity index is 1320. The van der Waals surface area contributed by atoms with Crippen LogP contribution in [-0.4, -0.2) is 27.3 Å². The van der Waals surface area contributed by atoms with Crippen LogP contribution in [0.15, 0.2) is 60.8 Å². The molecule has 0 bridgehead atoms. The first kappa shape index (κ1) is 21.1. The molecular formula is C25H23N5O2. The molecule has 4 aromatic rings. The van der Waals surface area contributed by atoms with Crippen molar-refractivity contribution in [3.8, 4) is 23.1 Å². The van der Waals surface area contributed by atoms with Crippen molar-refractivity contribution in [3.05, 3.63) is 71.9 Å². The number of carbonyl (C=O) groups excluding carboxylic acids is 1. The van der Waals surface area contributed by atoms with Gasteiger partial charge in [-0.15, -0.1) is 0 Å². The number of hydrogen-bond donors (Lipinski definition) is 1. The molecule has 2 aromatic carbocycles. The van der Waals surface area contributed by atoms with Crippen molar-refractivity contribution in [1.82, 2.24) is 14.8 Å². The van der Waals surface area contributed by atoms with E-state index in [0.717, 1.165) is 5.56 Å². The molecule has 0 saturated carbocycles. The minimum Gasteiger partial charge on any atom is -0.492 e. The fourth-order valence-electron chi connectivity index (χ4n) is 3.51. The van der Waals surface area contributed by atoms with E-state index in [2.05, 4.69) is 16.5 Å². The average Bonchev–Trinajstić information content (AvgIpc) is 3.24. The third-order valence-electron chi connectivity index (χ3n) is 5.03. The van der Waals surface area contributed by atoms with Gasteiger partial charge in [0.25, 0.3) is 5.91 Å². The van der Waals surface area contributed by atoms with Crippen molar-refractivity contribution in [3.63, 3.8) is 0 Å². The molecule has 2 aromatic heterocycles. The lowest BCUT2D eigenvalue weighted by atomic mass is 10.1. The number of anilines is 1. The number of nitrogens with one attached hydrogen (secondary N) is 1. The fraction of sp³-hybridized carbons (Fsp3) is 0.200. The van der Waals surface area contributed by atoms with Crippen molar-refractivity contribution in [2.75, 3.05) is 11.9 Å². The zero-order chi connectivity index (χ0) is 22.7. The number of amides is 1. The van der Waals surface area contributed by atoms with Crippen LogP contribution in [0.5, 0.6) is 5.75 Å². The van der Waals surface area contributed by atoms with E-state index < -0.39 is 0 Å². The Labute approximate surface area is 186 Å². The summed E-state index contributed by atoms with van der Waals surface area (Å²) in [6.45, 7) is 6.34. The minimum absolute atomic E-state index is 0.0822. The fourth-order valence-corrected chi connectivity index (χ4v) is 3.51. The second-order valence-corrected chi connectivity index (χ2v) is 7.55. The minimum atomic E-state index is -0.325. The van der Waals surface area contributed by atoms with Gasteiger partial charge < -0.3 is 10.1 Å². The standard InChI is InChI=1S/C25H23N5O2/c1-4-32-23-11-10-17(14-26)12-22(23)29-25(31)19-13-21(18-8-6-5-7-9-18)28-24-20(19)15-27-30(24)16(2)3/h5-13,15-16H,4H2,1-3H3,(H,29,31). The number of hydrogen-bond acceptors (Lipinski definition) is 5. The highest BCUT2D eigenvalue weighted by molar-refractivity contribution is 6.13. The van der Waals surface area contributed by atoms with Crippen molar-refractivity contribution in [2.24, 2.45) is 0 Å². The quantitative estimate of drug-likeness (QED) is 0.458. The van der Waals surface area contributed by atoms with Crippen LogP contribution in [0.2, 0.25) is 0 Å². The maximum atomic E-state index is 13.4. The third-order valence-corrected chi connectivity index (χ3v) is 5.03. The Hall–Kier alpha value is -4.18. The Kier molecular flexibility index (Phi) is 5.86. The topological polar surface area (TPSA) is 92.8 Å². The van der Waals surface area contributed by atoms with Gasteiger partial charge in [0.2, 0.25) is 0 Å². The highest BCUT2D eigenvalue weighted by Crippen LogP contribution is 2.30. The molecule has 0 aliphatic rings. The smallest absolute Gasteiger partial charge is 0.256 e. The molecule has 0 radical (unpaired) electrons. The van der Waals surface area contributed by atoms with E-state index in [1.807, 2.05) is 51.1 Å². The molecule has 0 aliphatic heterocycles. The first-order valence-electron chi connectivity index (χ1n) is 10.4. The van der Waals surface area contributed by atoms with E-state index in [0.29, 0.717) is 45.9 Å². The summed E-state index contributed by atoms with van der Waals surface area (Å²) in [4.78, 5) is 18.2.